The van der Waals surface area contributed by atoms with Crippen molar-refractivity contribution in [3.63, 3.8) is 0 Å². The number of carbonyl (C=O) groups is 1. The number of nitrogens with two attached hydrogens (primary N) is 1. The molecule has 2 aromatic carbocycles. The van der Waals surface area contributed by atoms with Gasteiger partial charge < -0.3 is 20.7 Å². The third kappa shape index (κ3) is 5.59. The second kappa shape index (κ2) is 10.5. The molecule has 4 N–H and O–H groups in total. The summed E-state index contributed by atoms with van der Waals surface area (Å²) < 4.78 is 27.2. The minimum Gasteiger partial charge on any atom is -0.392 e. The number of carbonyl (C=O) groups excluding carboxylic acids is 1. The maximum atomic E-state index is 12.8. The quantitative estimate of drug-likeness (QED) is 0.419. The van der Waals surface area contributed by atoms with Gasteiger partial charge in [0.05, 0.1) is 23.4 Å². The minimum absolute atomic E-state index is 0.0299. The summed E-state index contributed by atoms with van der Waals surface area (Å²) in [5, 5.41) is 10.3. The van der Waals surface area contributed by atoms with Crippen molar-refractivity contribution < 1.29 is 18.3 Å². The van der Waals surface area contributed by atoms with E-state index in [2.05, 4.69) is 11.1 Å². The van der Waals surface area contributed by atoms with Crippen LogP contribution in [0, 0.1) is 0 Å². The van der Waals surface area contributed by atoms with Crippen LogP contribution in [0.1, 0.15) is 46.7 Å². The van der Waals surface area contributed by atoms with Crippen LogP contribution < -0.4 is 5.73 Å². The Morgan fingerprint density at radius 1 is 1.14 bits per heavy atom. The summed E-state index contributed by atoms with van der Waals surface area (Å²) in [5.74, 6) is -0.149. The molecule has 1 aromatic heterocycles. The number of aromatic nitrogens is 1. The second-order valence-corrected chi connectivity index (χ2v) is 11.6. The molecule has 1 aliphatic heterocycles. The Morgan fingerprint density at radius 3 is 2.43 bits per heavy atom. The van der Waals surface area contributed by atoms with Crippen LogP contribution in [0.3, 0.4) is 0 Å². The number of aromatic amines is 1. The molecule has 3 aromatic rings. The molecule has 188 valence electrons. The fourth-order valence-electron chi connectivity index (χ4n) is 4.89. The molecule has 0 atom stereocenters. The highest BCUT2D eigenvalue weighted by Gasteiger charge is 2.30. The Balaban J connectivity index is 1.58. The van der Waals surface area contributed by atoms with Crippen LogP contribution in [0.5, 0.6) is 0 Å². The summed E-state index contributed by atoms with van der Waals surface area (Å²) in [4.78, 5) is 17.5. The predicted octanol–water partition coefficient (Wildman–Crippen LogP) is 2.89. The largest absolute Gasteiger partial charge is 0.392 e. The molecule has 0 spiro atoms. The van der Waals surface area contributed by atoms with Gasteiger partial charge in [0.1, 0.15) is 0 Å². The number of aliphatic hydroxyl groups is 1. The Bertz CT molecular complexity index is 1290. The van der Waals surface area contributed by atoms with Gasteiger partial charge in [-0.3, -0.25) is 4.79 Å². The van der Waals surface area contributed by atoms with E-state index in [4.69, 9.17) is 5.73 Å². The first-order valence-electron chi connectivity index (χ1n) is 12.0. The van der Waals surface area contributed by atoms with Crippen LogP contribution in [0.4, 0.5) is 0 Å². The molecule has 0 unspecified atom stereocenters. The van der Waals surface area contributed by atoms with E-state index in [0.717, 1.165) is 47.0 Å². The number of piperidine rings is 1. The molecule has 0 aliphatic carbocycles. The number of nitrogens with one attached hydrogen (secondary N) is 1. The molecule has 0 radical (unpaired) electrons. The lowest BCUT2D eigenvalue weighted by Crippen LogP contribution is -2.39. The molecule has 0 saturated carbocycles. The molecule has 2 heterocycles. The van der Waals surface area contributed by atoms with E-state index in [-0.39, 0.29) is 18.3 Å². The number of primary amides is 1. The number of H-pyrrole nitrogens is 1. The highest BCUT2D eigenvalue weighted by molar-refractivity contribution is 7.89. The molecular weight excluding hydrogens is 464 g/mol. The van der Waals surface area contributed by atoms with Crippen LogP contribution in [0.2, 0.25) is 0 Å². The average molecular weight is 499 g/mol. The Kier molecular flexibility index (Phi) is 7.61. The molecule has 4 rings (SSSR count). The standard InChI is InChI=1S/C26H34N4O4S/c1-29(2)10-3-13-35(33,34)30-11-8-20(9-12-30)24-16-28-25-22(24)14-21(15-23(25)26(27)32)19-6-4-18(17-31)5-7-19/h4-7,14-16,20,28,31H,3,8-13,17H2,1-2H3,(H2,27,32). The van der Waals surface area contributed by atoms with Gasteiger partial charge in [0.15, 0.2) is 0 Å². The molecule has 9 heteroatoms. The number of fused-ring (bicyclic) bond motifs is 1. The van der Waals surface area contributed by atoms with Gasteiger partial charge in [-0.05, 0) is 80.2 Å². The molecular formula is C26H34N4O4S. The van der Waals surface area contributed by atoms with Gasteiger partial charge in [-0.15, -0.1) is 0 Å². The highest BCUT2D eigenvalue weighted by Crippen LogP contribution is 2.37. The monoisotopic (exact) mass is 498 g/mol. The van der Waals surface area contributed by atoms with Crippen molar-refractivity contribution in [1.82, 2.24) is 14.2 Å². The van der Waals surface area contributed by atoms with E-state index < -0.39 is 15.9 Å². The third-order valence-electron chi connectivity index (χ3n) is 6.85. The predicted molar refractivity (Wildman–Crippen MR) is 139 cm³/mol. The van der Waals surface area contributed by atoms with Crippen molar-refractivity contribution in [2.24, 2.45) is 5.73 Å². The maximum absolute atomic E-state index is 12.8. The Hall–Kier alpha value is -2.72. The SMILES string of the molecule is CN(C)CCCS(=O)(=O)N1CCC(c2c[nH]c3c(C(N)=O)cc(-c4ccc(CO)cc4)cc23)CC1. The molecule has 35 heavy (non-hydrogen) atoms. The third-order valence-corrected chi connectivity index (χ3v) is 8.81. The van der Waals surface area contributed by atoms with Crippen molar-refractivity contribution in [1.29, 1.82) is 0 Å². The van der Waals surface area contributed by atoms with E-state index in [1.807, 2.05) is 49.5 Å². The number of aliphatic hydroxyl groups excluding tert-OH is 1. The molecule has 1 fully saturated rings. The first-order valence-corrected chi connectivity index (χ1v) is 13.6. The first kappa shape index (κ1) is 25.4. The number of sulfonamides is 1. The van der Waals surface area contributed by atoms with Crippen molar-refractivity contribution in [3.05, 3.63) is 59.3 Å². The van der Waals surface area contributed by atoms with E-state index >= 15 is 0 Å². The summed E-state index contributed by atoms with van der Waals surface area (Å²) in [5.41, 5.74) is 10.6. The maximum Gasteiger partial charge on any atom is 0.250 e. The van der Waals surface area contributed by atoms with Crippen LogP contribution >= 0.6 is 0 Å². The van der Waals surface area contributed by atoms with Crippen molar-refractivity contribution >= 4 is 26.8 Å². The van der Waals surface area contributed by atoms with Gasteiger partial charge in [-0.2, -0.15) is 0 Å². The molecule has 1 aliphatic rings. The topological polar surface area (TPSA) is 120 Å². The summed E-state index contributed by atoms with van der Waals surface area (Å²) in [7, 11) is 0.626. The van der Waals surface area contributed by atoms with Crippen LogP contribution in [-0.2, 0) is 16.6 Å². The van der Waals surface area contributed by atoms with Crippen molar-refractivity contribution in [2.45, 2.75) is 31.8 Å². The number of rotatable bonds is 9. The molecule has 0 bridgehead atoms. The summed E-state index contributed by atoms with van der Waals surface area (Å²) >= 11 is 0. The van der Waals surface area contributed by atoms with Crippen LogP contribution in [0.25, 0.3) is 22.0 Å². The Morgan fingerprint density at radius 2 is 1.83 bits per heavy atom. The zero-order chi connectivity index (χ0) is 25.2. The van der Waals surface area contributed by atoms with E-state index in [9.17, 15) is 18.3 Å². The van der Waals surface area contributed by atoms with E-state index in [0.29, 0.717) is 30.6 Å². The fraction of sp³-hybridized carbons (Fsp3) is 0.423. The zero-order valence-electron chi connectivity index (χ0n) is 20.3. The number of hydrogen-bond donors (Lipinski definition) is 3. The normalized spacial score (nSPS) is 15.8. The first-order chi connectivity index (χ1) is 16.7. The number of nitrogens with zero attached hydrogens (tertiary/aromatic N) is 2. The second-order valence-electron chi connectivity index (χ2n) is 9.56. The van der Waals surface area contributed by atoms with Gasteiger partial charge in [-0.1, -0.05) is 24.3 Å². The smallest absolute Gasteiger partial charge is 0.250 e. The lowest BCUT2D eigenvalue weighted by atomic mass is 9.88. The minimum atomic E-state index is -3.26. The van der Waals surface area contributed by atoms with Crippen LogP contribution in [0.15, 0.2) is 42.6 Å². The van der Waals surface area contributed by atoms with Gasteiger partial charge in [0.25, 0.3) is 5.91 Å². The van der Waals surface area contributed by atoms with E-state index in [1.54, 1.807) is 10.4 Å². The van der Waals surface area contributed by atoms with Crippen LogP contribution in [-0.4, -0.2) is 73.1 Å². The van der Waals surface area contributed by atoms with Gasteiger partial charge >= 0.3 is 0 Å². The van der Waals surface area contributed by atoms with E-state index in [1.165, 1.54) is 0 Å². The number of hydrogen-bond acceptors (Lipinski definition) is 5. The zero-order valence-corrected chi connectivity index (χ0v) is 21.1. The van der Waals surface area contributed by atoms with Gasteiger partial charge in [-0.25, -0.2) is 12.7 Å². The van der Waals surface area contributed by atoms with Gasteiger partial charge in [0, 0.05) is 24.7 Å². The number of benzene rings is 2. The van der Waals surface area contributed by atoms with Gasteiger partial charge in [0.2, 0.25) is 10.0 Å². The number of amides is 1. The summed E-state index contributed by atoms with van der Waals surface area (Å²) in [6, 6.07) is 11.4. The lowest BCUT2D eigenvalue weighted by Gasteiger charge is -2.31. The fourth-order valence-corrected chi connectivity index (χ4v) is 6.41. The lowest BCUT2D eigenvalue weighted by molar-refractivity contribution is 0.100. The average Bonchev–Trinajstić information content (AvgIpc) is 3.27. The summed E-state index contributed by atoms with van der Waals surface area (Å²) in [6.07, 6.45) is 4.00. The Labute approximate surface area is 206 Å². The molecule has 1 amide bonds. The summed E-state index contributed by atoms with van der Waals surface area (Å²) in [6.45, 7) is 1.70. The molecule has 1 saturated heterocycles. The van der Waals surface area contributed by atoms with Crippen molar-refractivity contribution in [3.8, 4) is 11.1 Å². The highest BCUT2D eigenvalue weighted by atomic mass is 32.2. The van der Waals surface area contributed by atoms with Crippen molar-refractivity contribution in [2.75, 3.05) is 39.5 Å². The molecule has 8 nitrogen and oxygen atoms in total.